The highest BCUT2D eigenvalue weighted by atomic mass is 28.4. The van der Waals surface area contributed by atoms with Crippen LogP contribution in [0.5, 0.6) is 5.75 Å². The molecule has 0 amide bonds. The number of benzene rings is 3. The number of ether oxygens (including phenoxy) is 4. The molecule has 0 fully saturated rings. The molecule has 0 aliphatic heterocycles. The number of carbonyl (C=O) groups is 1. The Morgan fingerprint density at radius 1 is 0.745 bits per heavy atom. The van der Waals surface area contributed by atoms with E-state index in [0.717, 1.165) is 22.4 Å². The second kappa shape index (κ2) is 15.9. The largest absolute Gasteiger partial charge is 0.497 e. The van der Waals surface area contributed by atoms with Crippen LogP contribution in [0.4, 0.5) is 0 Å². The second-order valence-electron chi connectivity index (χ2n) is 14.4. The van der Waals surface area contributed by atoms with Gasteiger partial charge >= 0.3 is 0 Å². The molecule has 47 heavy (non-hydrogen) atoms. The summed E-state index contributed by atoms with van der Waals surface area (Å²) in [4.78, 5) is 14.4. The molecule has 254 valence electrons. The van der Waals surface area contributed by atoms with Gasteiger partial charge in [0.25, 0.3) is 0 Å². The van der Waals surface area contributed by atoms with E-state index in [1.165, 1.54) is 0 Å². The van der Waals surface area contributed by atoms with E-state index >= 15 is 0 Å². The van der Waals surface area contributed by atoms with Crippen LogP contribution in [-0.2, 0) is 43.3 Å². The molecule has 0 bridgehead atoms. The Bertz CT molecular complexity index is 1450. The summed E-state index contributed by atoms with van der Waals surface area (Å²) in [5.41, 5.74) is 2.32. The van der Waals surface area contributed by atoms with Gasteiger partial charge in [-0.3, -0.25) is 4.79 Å². The Morgan fingerprint density at radius 3 is 1.77 bits per heavy atom. The van der Waals surface area contributed by atoms with Crippen LogP contribution in [0.1, 0.15) is 51.3 Å². The van der Waals surface area contributed by atoms with E-state index in [4.69, 9.17) is 23.4 Å². The second-order valence-corrected chi connectivity index (χ2v) is 19.1. The first-order valence-electron chi connectivity index (χ1n) is 16.4. The predicted molar refractivity (Wildman–Crippen MR) is 188 cm³/mol. The summed E-state index contributed by atoms with van der Waals surface area (Å²) in [6.45, 7) is 15.4. The minimum Gasteiger partial charge on any atom is -0.497 e. The van der Waals surface area contributed by atoms with Gasteiger partial charge in [0.05, 0.1) is 45.7 Å². The molecule has 4 rings (SSSR count). The molecule has 0 aromatic heterocycles. The molecular formula is C39H52O7Si. The van der Waals surface area contributed by atoms with Crippen molar-refractivity contribution < 1.29 is 33.3 Å². The van der Waals surface area contributed by atoms with Crippen LogP contribution in [0.2, 0.25) is 18.1 Å². The molecular weight excluding hydrogens is 609 g/mol. The lowest BCUT2D eigenvalue weighted by atomic mass is 9.72. The molecule has 0 heterocycles. The molecule has 3 aromatic rings. The number of carbonyl (C=O) groups excluding carboxylic acids is 1. The van der Waals surface area contributed by atoms with E-state index in [2.05, 4.69) is 47.7 Å². The predicted octanol–water partition coefficient (Wildman–Crippen LogP) is 7.67. The zero-order chi connectivity index (χ0) is 34.2. The van der Waals surface area contributed by atoms with E-state index in [1.54, 1.807) is 13.2 Å². The summed E-state index contributed by atoms with van der Waals surface area (Å²) in [6.07, 6.45) is -1.22. The van der Waals surface area contributed by atoms with E-state index in [-0.39, 0.29) is 23.0 Å². The molecule has 0 saturated carbocycles. The molecule has 0 spiro atoms. The van der Waals surface area contributed by atoms with Crippen LogP contribution in [0.3, 0.4) is 0 Å². The average Bonchev–Trinajstić information content (AvgIpc) is 3.05. The first kappa shape index (κ1) is 36.7. The molecule has 3 aromatic carbocycles. The third-order valence-corrected chi connectivity index (χ3v) is 14.0. The molecule has 0 radical (unpaired) electrons. The monoisotopic (exact) mass is 660 g/mol. The first-order chi connectivity index (χ1) is 22.3. The zero-order valence-corrected chi connectivity index (χ0v) is 30.2. The minimum absolute atomic E-state index is 0.142. The van der Waals surface area contributed by atoms with Crippen molar-refractivity contribution in [2.45, 2.75) is 97.0 Å². The number of methoxy groups -OCH3 is 1. The Balaban J connectivity index is 1.81. The fraction of sp³-hybridized carbons (Fsp3) is 0.462. The molecule has 0 unspecified atom stereocenters. The lowest BCUT2D eigenvalue weighted by Gasteiger charge is -2.50. The van der Waals surface area contributed by atoms with Crippen LogP contribution in [0.15, 0.2) is 96.6 Å². The Labute approximate surface area is 282 Å². The Kier molecular flexibility index (Phi) is 12.4. The van der Waals surface area contributed by atoms with Gasteiger partial charge < -0.3 is 28.5 Å². The summed E-state index contributed by atoms with van der Waals surface area (Å²) in [7, 11) is -0.835. The lowest BCUT2D eigenvalue weighted by molar-refractivity contribution is -0.179. The highest BCUT2D eigenvalue weighted by molar-refractivity contribution is 6.74. The maximum absolute atomic E-state index is 14.4. The molecule has 4 atom stereocenters. The summed E-state index contributed by atoms with van der Waals surface area (Å²) in [6, 6.07) is 27.4. The number of Topliss-reactive ketones (excluding diaryl/α,β-unsaturated/α-hetero) is 1. The van der Waals surface area contributed by atoms with Gasteiger partial charge in [-0.2, -0.15) is 0 Å². The number of hydrogen-bond donors (Lipinski definition) is 1. The number of hydrogen-bond acceptors (Lipinski definition) is 7. The van der Waals surface area contributed by atoms with Gasteiger partial charge in [0.1, 0.15) is 18.0 Å². The van der Waals surface area contributed by atoms with E-state index in [9.17, 15) is 9.90 Å². The topological polar surface area (TPSA) is 83.5 Å². The van der Waals surface area contributed by atoms with Crippen molar-refractivity contribution in [1.29, 1.82) is 0 Å². The minimum atomic E-state index is -2.48. The molecule has 0 saturated heterocycles. The van der Waals surface area contributed by atoms with Crippen molar-refractivity contribution in [1.82, 2.24) is 0 Å². The van der Waals surface area contributed by atoms with Crippen LogP contribution >= 0.6 is 0 Å². The van der Waals surface area contributed by atoms with Crippen molar-refractivity contribution >= 4 is 14.1 Å². The molecule has 1 aliphatic carbocycles. The summed E-state index contributed by atoms with van der Waals surface area (Å²) < 4.78 is 32.6. The lowest BCUT2D eigenvalue weighted by Crippen LogP contribution is -2.61. The van der Waals surface area contributed by atoms with Crippen LogP contribution in [0, 0.1) is 5.41 Å². The standard InChI is InChI=1S/C39H52O7Si/c1-38(2,3)47(7,8)46-37-35(44-26-29-17-13-10-14-18-29)34(41)31(24-40)23-33(43-25-28-15-11-9-12-16-28)36(39(37,4)5)45-27-30-19-21-32(42-6)22-20-30/h9-23,33,35-37,40H,24-27H2,1-8H3/b31-23-/t33-,35-,36-,37-/m0/s1. The summed E-state index contributed by atoms with van der Waals surface area (Å²) >= 11 is 0. The van der Waals surface area contributed by atoms with Gasteiger partial charge in [-0.1, -0.05) is 107 Å². The van der Waals surface area contributed by atoms with Gasteiger partial charge in [0.15, 0.2) is 14.1 Å². The average molecular weight is 661 g/mol. The summed E-state index contributed by atoms with van der Waals surface area (Å²) in [5.74, 6) is 0.460. The van der Waals surface area contributed by atoms with Crippen LogP contribution < -0.4 is 4.74 Å². The van der Waals surface area contributed by atoms with Crippen LogP contribution in [-0.4, -0.2) is 57.3 Å². The van der Waals surface area contributed by atoms with Crippen LogP contribution in [0.25, 0.3) is 0 Å². The normalized spacial score (nSPS) is 23.0. The van der Waals surface area contributed by atoms with Gasteiger partial charge in [-0.05, 0) is 53.0 Å². The van der Waals surface area contributed by atoms with Crippen molar-refractivity contribution in [2.75, 3.05) is 13.7 Å². The Morgan fingerprint density at radius 2 is 1.26 bits per heavy atom. The third kappa shape index (κ3) is 9.28. The maximum Gasteiger partial charge on any atom is 0.192 e. The third-order valence-electron chi connectivity index (χ3n) is 9.52. The number of ketones is 1. The Hall–Kier alpha value is -3.11. The van der Waals surface area contributed by atoms with Gasteiger partial charge in [0.2, 0.25) is 0 Å². The fourth-order valence-corrected chi connectivity index (χ4v) is 6.96. The maximum atomic E-state index is 14.4. The van der Waals surface area contributed by atoms with E-state index in [0.29, 0.717) is 13.2 Å². The van der Waals surface area contributed by atoms with Crippen molar-refractivity contribution in [3.8, 4) is 5.75 Å². The summed E-state index contributed by atoms with van der Waals surface area (Å²) in [5, 5.41) is 10.5. The van der Waals surface area contributed by atoms with Crippen molar-refractivity contribution in [3.63, 3.8) is 0 Å². The quantitative estimate of drug-likeness (QED) is 0.189. The first-order valence-corrected chi connectivity index (χ1v) is 19.3. The molecule has 8 heteroatoms. The van der Waals surface area contributed by atoms with Crippen molar-refractivity contribution in [3.05, 3.63) is 113 Å². The SMILES string of the molecule is COc1ccc(CO[C@H]2[C@@H](OCc3ccccc3)/C=C(/CO)C(=O)[C@H](OCc3ccccc3)[C@H](O[Si](C)(C)C(C)(C)C)C2(C)C)cc1. The fourth-order valence-electron chi connectivity index (χ4n) is 5.54. The highest BCUT2D eigenvalue weighted by Crippen LogP contribution is 2.45. The van der Waals surface area contributed by atoms with Crippen molar-refractivity contribution in [2.24, 2.45) is 5.41 Å². The van der Waals surface area contributed by atoms with E-state index < -0.39 is 44.8 Å². The molecule has 1 N–H and O–H groups in total. The number of rotatable bonds is 13. The van der Waals surface area contributed by atoms with Gasteiger partial charge in [-0.15, -0.1) is 0 Å². The smallest absolute Gasteiger partial charge is 0.192 e. The molecule has 1 aliphatic rings. The highest BCUT2D eigenvalue weighted by Gasteiger charge is 2.54. The zero-order valence-electron chi connectivity index (χ0n) is 29.2. The van der Waals surface area contributed by atoms with Gasteiger partial charge in [0, 0.05) is 11.0 Å². The molecule has 7 nitrogen and oxygen atoms in total. The van der Waals surface area contributed by atoms with Gasteiger partial charge in [-0.25, -0.2) is 0 Å². The number of aliphatic hydroxyl groups excluding tert-OH is 1. The van der Waals surface area contributed by atoms with E-state index in [1.807, 2.05) is 84.9 Å². The number of aliphatic hydroxyl groups is 1.